The van der Waals surface area contributed by atoms with E-state index >= 15 is 0 Å². The zero-order chi connectivity index (χ0) is 13.5. The summed E-state index contributed by atoms with van der Waals surface area (Å²) >= 11 is 0. The Labute approximate surface area is 113 Å². The van der Waals surface area contributed by atoms with Crippen molar-refractivity contribution in [3.63, 3.8) is 0 Å². The number of methoxy groups -OCH3 is 1. The van der Waals surface area contributed by atoms with E-state index in [2.05, 4.69) is 15.1 Å². The standard InChI is InChI=1S/C14H19N3O2/c1-15-13-11-12(17-7-5-16-6-8-17)3-4-14(13)19-10-9-18-2/h3-4,11,16H,5-10H2,2H3. The number of ether oxygens (including phenoxy) is 2. The van der Waals surface area contributed by atoms with Crippen LogP contribution in [0.1, 0.15) is 0 Å². The zero-order valence-electron chi connectivity index (χ0n) is 11.2. The first kappa shape index (κ1) is 13.7. The van der Waals surface area contributed by atoms with Crippen molar-refractivity contribution < 1.29 is 9.47 Å². The molecule has 0 unspecified atom stereocenters. The number of hydrogen-bond donors (Lipinski definition) is 1. The van der Waals surface area contributed by atoms with E-state index < -0.39 is 0 Å². The molecule has 1 N–H and O–H groups in total. The predicted octanol–water partition coefficient (Wildman–Crippen LogP) is 1.67. The third-order valence-electron chi connectivity index (χ3n) is 3.09. The molecule has 1 aromatic carbocycles. The number of anilines is 1. The molecule has 102 valence electrons. The summed E-state index contributed by atoms with van der Waals surface area (Å²) in [5.41, 5.74) is 1.65. The fourth-order valence-corrected chi connectivity index (χ4v) is 2.07. The van der Waals surface area contributed by atoms with Crippen LogP contribution >= 0.6 is 0 Å². The monoisotopic (exact) mass is 261 g/mol. The van der Waals surface area contributed by atoms with Gasteiger partial charge in [0.15, 0.2) is 0 Å². The minimum absolute atomic E-state index is 0.464. The molecule has 2 rings (SSSR count). The lowest BCUT2D eigenvalue weighted by Crippen LogP contribution is -2.43. The van der Waals surface area contributed by atoms with Crippen molar-refractivity contribution in [2.75, 3.05) is 51.4 Å². The molecule has 0 atom stereocenters. The van der Waals surface area contributed by atoms with Gasteiger partial charge in [0.2, 0.25) is 5.69 Å². The number of piperazine rings is 1. The van der Waals surface area contributed by atoms with Crippen molar-refractivity contribution in [1.82, 2.24) is 5.32 Å². The van der Waals surface area contributed by atoms with Gasteiger partial charge in [-0.15, -0.1) is 0 Å². The smallest absolute Gasteiger partial charge is 0.230 e. The maximum Gasteiger partial charge on any atom is 0.230 e. The van der Waals surface area contributed by atoms with Crippen LogP contribution in [0.3, 0.4) is 0 Å². The van der Waals surface area contributed by atoms with Crippen LogP contribution in [0.5, 0.6) is 5.75 Å². The lowest BCUT2D eigenvalue weighted by atomic mass is 10.2. The molecule has 0 bridgehead atoms. The molecule has 0 radical (unpaired) electrons. The van der Waals surface area contributed by atoms with Crippen LogP contribution < -0.4 is 15.0 Å². The Bertz CT molecular complexity index is 450. The van der Waals surface area contributed by atoms with E-state index in [0.717, 1.165) is 31.9 Å². The molecule has 5 heteroatoms. The second-order valence-corrected chi connectivity index (χ2v) is 4.34. The Morgan fingerprint density at radius 2 is 2.11 bits per heavy atom. The second-order valence-electron chi connectivity index (χ2n) is 4.34. The average molecular weight is 261 g/mol. The van der Waals surface area contributed by atoms with Gasteiger partial charge < -0.3 is 19.7 Å². The zero-order valence-corrected chi connectivity index (χ0v) is 11.2. The van der Waals surface area contributed by atoms with Crippen molar-refractivity contribution in [3.8, 4) is 5.75 Å². The molecule has 0 aliphatic carbocycles. The first-order valence-corrected chi connectivity index (χ1v) is 6.44. The summed E-state index contributed by atoms with van der Waals surface area (Å²) in [5, 5.41) is 3.32. The Hall–Kier alpha value is -1.77. The number of nitrogens with one attached hydrogen (secondary N) is 1. The normalized spacial score (nSPS) is 15.1. The highest BCUT2D eigenvalue weighted by molar-refractivity contribution is 5.66. The van der Waals surface area contributed by atoms with E-state index in [9.17, 15) is 0 Å². The maximum atomic E-state index is 7.26. The summed E-state index contributed by atoms with van der Waals surface area (Å²) in [6.45, 7) is 12.2. The molecular weight excluding hydrogens is 242 g/mol. The van der Waals surface area contributed by atoms with Gasteiger partial charge >= 0.3 is 0 Å². The van der Waals surface area contributed by atoms with Gasteiger partial charge in [0.05, 0.1) is 13.2 Å². The van der Waals surface area contributed by atoms with Crippen molar-refractivity contribution in [1.29, 1.82) is 0 Å². The SMILES string of the molecule is [C-]#[N+]c1cc(N2CCNCC2)ccc1OCCOC. The van der Waals surface area contributed by atoms with Gasteiger partial charge in [-0.1, -0.05) is 0 Å². The topological polar surface area (TPSA) is 38.1 Å². The number of hydrogen-bond acceptors (Lipinski definition) is 4. The molecule has 1 aromatic rings. The summed E-state index contributed by atoms with van der Waals surface area (Å²) < 4.78 is 10.5. The van der Waals surface area contributed by atoms with Crippen LogP contribution in [-0.2, 0) is 4.74 Å². The number of nitrogens with zero attached hydrogens (tertiary/aromatic N) is 2. The average Bonchev–Trinajstić information content (AvgIpc) is 2.48. The maximum absolute atomic E-state index is 7.26. The van der Waals surface area contributed by atoms with Crippen molar-refractivity contribution >= 4 is 11.4 Å². The van der Waals surface area contributed by atoms with E-state index in [0.29, 0.717) is 24.7 Å². The highest BCUT2D eigenvalue weighted by Gasteiger charge is 2.13. The molecule has 1 fully saturated rings. The predicted molar refractivity (Wildman–Crippen MR) is 75.2 cm³/mol. The van der Waals surface area contributed by atoms with Crippen molar-refractivity contribution in [3.05, 3.63) is 29.6 Å². The third-order valence-corrected chi connectivity index (χ3v) is 3.09. The fraction of sp³-hybridized carbons (Fsp3) is 0.500. The molecule has 0 aromatic heterocycles. The minimum Gasteiger partial charge on any atom is -0.502 e. The third kappa shape index (κ3) is 3.60. The number of rotatable bonds is 5. The molecule has 0 saturated carbocycles. The molecule has 1 aliphatic heterocycles. The van der Waals surface area contributed by atoms with Crippen LogP contribution in [0.4, 0.5) is 11.4 Å². The van der Waals surface area contributed by atoms with Gasteiger partial charge in [-0.05, 0) is 18.2 Å². The van der Waals surface area contributed by atoms with E-state index in [1.807, 2.05) is 18.2 Å². The molecule has 1 aliphatic rings. The summed E-state index contributed by atoms with van der Waals surface area (Å²) in [7, 11) is 1.63. The van der Waals surface area contributed by atoms with Gasteiger partial charge in [0.25, 0.3) is 0 Å². The lowest BCUT2D eigenvalue weighted by Gasteiger charge is -2.29. The summed E-state index contributed by atoms with van der Waals surface area (Å²) in [4.78, 5) is 5.83. The van der Waals surface area contributed by atoms with E-state index in [1.54, 1.807) is 7.11 Å². The van der Waals surface area contributed by atoms with Gasteiger partial charge in [-0.2, -0.15) is 0 Å². The van der Waals surface area contributed by atoms with Crippen LogP contribution in [0.25, 0.3) is 4.85 Å². The summed E-state index contributed by atoms with van der Waals surface area (Å²) in [6, 6.07) is 5.79. The Balaban J connectivity index is 2.09. The molecule has 0 amide bonds. The quantitative estimate of drug-likeness (QED) is 0.646. The largest absolute Gasteiger partial charge is 0.502 e. The van der Waals surface area contributed by atoms with Crippen LogP contribution in [-0.4, -0.2) is 46.5 Å². The summed E-state index contributed by atoms with van der Waals surface area (Å²) in [5.74, 6) is 0.630. The van der Waals surface area contributed by atoms with E-state index in [4.69, 9.17) is 16.0 Å². The Morgan fingerprint density at radius 3 is 2.79 bits per heavy atom. The Kier molecular flexibility index (Phi) is 5.01. The Morgan fingerprint density at radius 1 is 1.32 bits per heavy atom. The molecule has 0 spiro atoms. The van der Waals surface area contributed by atoms with Gasteiger partial charge in [-0.25, -0.2) is 4.85 Å². The molecule has 5 nitrogen and oxygen atoms in total. The van der Waals surface area contributed by atoms with E-state index in [-0.39, 0.29) is 0 Å². The lowest BCUT2D eigenvalue weighted by molar-refractivity contribution is 0.147. The highest BCUT2D eigenvalue weighted by atomic mass is 16.5. The van der Waals surface area contributed by atoms with E-state index in [1.165, 1.54) is 0 Å². The summed E-state index contributed by atoms with van der Waals surface area (Å²) in [6.07, 6.45) is 0. The molecular formula is C14H19N3O2. The first-order valence-electron chi connectivity index (χ1n) is 6.44. The van der Waals surface area contributed by atoms with Crippen LogP contribution in [0, 0.1) is 6.57 Å². The van der Waals surface area contributed by atoms with Gasteiger partial charge in [0.1, 0.15) is 12.4 Å². The molecule has 1 heterocycles. The second kappa shape index (κ2) is 6.98. The molecule has 1 saturated heterocycles. The first-order chi connectivity index (χ1) is 9.35. The highest BCUT2D eigenvalue weighted by Crippen LogP contribution is 2.32. The van der Waals surface area contributed by atoms with Crippen LogP contribution in [0.15, 0.2) is 18.2 Å². The molecule has 19 heavy (non-hydrogen) atoms. The van der Waals surface area contributed by atoms with Crippen LogP contribution in [0.2, 0.25) is 0 Å². The minimum atomic E-state index is 0.464. The van der Waals surface area contributed by atoms with Crippen molar-refractivity contribution in [2.45, 2.75) is 0 Å². The van der Waals surface area contributed by atoms with Gasteiger partial charge in [0, 0.05) is 39.0 Å². The van der Waals surface area contributed by atoms with Gasteiger partial charge in [-0.3, -0.25) is 0 Å². The van der Waals surface area contributed by atoms with Crippen molar-refractivity contribution in [2.24, 2.45) is 0 Å². The fourth-order valence-electron chi connectivity index (χ4n) is 2.07. The number of benzene rings is 1.